The van der Waals surface area contributed by atoms with Crippen LogP contribution in [0.2, 0.25) is 0 Å². The molecular weight excluding hydrogens is 412 g/mol. The number of ether oxygens (including phenoxy) is 1. The summed E-state index contributed by atoms with van der Waals surface area (Å²) in [5.41, 5.74) is 3.60. The molecule has 0 bridgehead atoms. The van der Waals surface area contributed by atoms with E-state index in [4.69, 9.17) is 4.74 Å². The van der Waals surface area contributed by atoms with Crippen LogP contribution in [0.5, 0.6) is 0 Å². The first-order valence-corrected chi connectivity index (χ1v) is 11.8. The van der Waals surface area contributed by atoms with Crippen LogP contribution in [0.4, 0.5) is 0 Å². The number of thiol groups is 1. The van der Waals surface area contributed by atoms with Gasteiger partial charge in [-0.3, -0.25) is 0 Å². The summed E-state index contributed by atoms with van der Waals surface area (Å²) in [5, 5.41) is 10.5. The molecule has 0 amide bonds. The third-order valence-corrected chi connectivity index (χ3v) is 6.66. The Bertz CT molecular complexity index is 1030. The standard InChI is InChI=1S/C29H28O2S/c1-23(30)32-28(24-14-6-2-7-15-24)22-31-29(25-16-8-3-9-17-25,26-18-10-4-11-19-26)27-20-12-5-13-21-27/h2-21,28,30,32H,22H2,1H3. The number of rotatable bonds is 8. The molecule has 32 heavy (non-hydrogen) atoms. The van der Waals surface area contributed by atoms with Crippen molar-refractivity contribution in [2.24, 2.45) is 0 Å². The van der Waals surface area contributed by atoms with E-state index in [1.165, 1.54) is 0 Å². The Morgan fingerprint density at radius 3 is 1.44 bits per heavy atom. The summed E-state index contributed by atoms with van der Waals surface area (Å²) in [7, 11) is 0. The Morgan fingerprint density at radius 1 is 0.688 bits per heavy atom. The molecule has 4 rings (SSSR count). The highest BCUT2D eigenvalue weighted by Crippen LogP contribution is 2.42. The maximum absolute atomic E-state index is 10.1. The van der Waals surface area contributed by atoms with Gasteiger partial charge in [0.1, 0.15) is 5.60 Å². The lowest BCUT2D eigenvalue weighted by Crippen LogP contribution is -2.34. The fourth-order valence-electron chi connectivity index (χ4n) is 4.08. The summed E-state index contributed by atoms with van der Waals surface area (Å²) in [5.74, 6) is 0. The third-order valence-electron chi connectivity index (χ3n) is 5.53. The molecule has 1 unspecified atom stereocenters. The Morgan fingerprint density at radius 2 is 1.06 bits per heavy atom. The molecule has 2 nitrogen and oxygen atoms in total. The van der Waals surface area contributed by atoms with Gasteiger partial charge in [0.25, 0.3) is 0 Å². The number of benzene rings is 4. The second-order valence-corrected chi connectivity index (χ2v) is 9.22. The fourth-order valence-corrected chi connectivity index (χ4v) is 5.00. The second-order valence-electron chi connectivity index (χ2n) is 7.69. The molecule has 4 aromatic carbocycles. The van der Waals surface area contributed by atoms with Crippen LogP contribution in [0.15, 0.2) is 121 Å². The predicted octanol–water partition coefficient (Wildman–Crippen LogP) is 6.91. The van der Waals surface area contributed by atoms with E-state index in [-0.39, 0.29) is 5.25 Å². The first kappa shape index (κ1) is 22.2. The van der Waals surface area contributed by atoms with Crippen LogP contribution in [-0.4, -0.2) is 16.8 Å². The van der Waals surface area contributed by atoms with E-state index in [0.717, 1.165) is 33.6 Å². The van der Waals surface area contributed by atoms with Crippen molar-refractivity contribution in [3.05, 3.63) is 144 Å². The molecule has 1 N–H and O–H groups in total. The van der Waals surface area contributed by atoms with Crippen molar-refractivity contribution in [1.29, 1.82) is 0 Å². The number of hydrogen-bond acceptors (Lipinski definition) is 1. The molecule has 0 aliphatic heterocycles. The van der Waals surface area contributed by atoms with Gasteiger partial charge < -0.3 is 9.84 Å². The van der Waals surface area contributed by atoms with Crippen molar-refractivity contribution in [2.45, 2.75) is 17.8 Å². The van der Waals surface area contributed by atoms with Gasteiger partial charge in [0.05, 0.1) is 11.7 Å². The van der Waals surface area contributed by atoms with E-state index in [0.29, 0.717) is 11.7 Å². The molecule has 0 heterocycles. The minimum atomic E-state index is -0.768. The molecule has 0 radical (unpaired) electrons. The molecule has 0 saturated heterocycles. The van der Waals surface area contributed by atoms with Gasteiger partial charge in [-0.2, -0.15) is 11.4 Å². The molecular formula is C29H28O2S. The smallest absolute Gasteiger partial charge is 0.143 e. The van der Waals surface area contributed by atoms with Crippen LogP contribution in [0.25, 0.3) is 0 Å². The van der Waals surface area contributed by atoms with E-state index in [1.54, 1.807) is 6.92 Å². The first-order valence-electron chi connectivity index (χ1n) is 10.8. The van der Waals surface area contributed by atoms with Gasteiger partial charge in [0.15, 0.2) is 0 Å². The van der Waals surface area contributed by atoms with E-state index in [2.05, 4.69) is 84.9 Å². The van der Waals surface area contributed by atoms with Crippen LogP contribution >= 0.6 is 11.4 Å². The third kappa shape index (κ3) is 4.91. The average Bonchev–Trinajstić information content (AvgIpc) is 2.86. The van der Waals surface area contributed by atoms with Gasteiger partial charge in [0.2, 0.25) is 0 Å². The summed E-state index contributed by atoms with van der Waals surface area (Å²) < 4.78 is 6.97. The molecule has 4 aromatic rings. The Labute approximate surface area is 194 Å². The van der Waals surface area contributed by atoms with Crippen LogP contribution in [0.1, 0.15) is 34.4 Å². The van der Waals surface area contributed by atoms with Crippen molar-refractivity contribution >= 4 is 16.4 Å². The lowest BCUT2D eigenvalue weighted by Gasteiger charge is -2.37. The van der Waals surface area contributed by atoms with Crippen LogP contribution in [0, 0.1) is 0 Å². The van der Waals surface area contributed by atoms with E-state index >= 15 is 0 Å². The Balaban J connectivity index is 1.85. The number of aliphatic hydroxyl groups is 1. The van der Waals surface area contributed by atoms with E-state index in [1.807, 2.05) is 36.4 Å². The van der Waals surface area contributed by atoms with Crippen molar-refractivity contribution in [3.63, 3.8) is 0 Å². The van der Waals surface area contributed by atoms with Crippen molar-refractivity contribution in [2.75, 3.05) is 6.61 Å². The van der Waals surface area contributed by atoms with Gasteiger partial charge in [-0.1, -0.05) is 121 Å². The summed E-state index contributed by atoms with van der Waals surface area (Å²) in [6, 6.07) is 41.4. The largest absolute Gasteiger partial charge is 0.360 e. The molecule has 1 atom stereocenters. The van der Waals surface area contributed by atoms with Gasteiger partial charge in [-0.25, -0.2) is 0 Å². The van der Waals surface area contributed by atoms with Crippen molar-refractivity contribution < 1.29 is 9.84 Å². The molecule has 0 aliphatic carbocycles. The average molecular weight is 441 g/mol. The van der Waals surface area contributed by atoms with Crippen LogP contribution in [-0.2, 0) is 10.3 Å². The second kappa shape index (κ2) is 10.6. The number of aliphatic hydroxyl groups excluding tert-OH is 1. The number of hydrogen-bond donors (Lipinski definition) is 2. The lowest BCUT2D eigenvalue weighted by molar-refractivity contribution is 0.0138. The minimum Gasteiger partial charge on any atom is -0.360 e. The van der Waals surface area contributed by atoms with Gasteiger partial charge in [0, 0.05) is 5.25 Å². The molecule has 0 aliphatic rings. The van der Waals surface area contributed by atoms with Gasteiger partial charge in [-0.05, 0) is 29.2 Å². The first-order chi connectivity index (χ1) is 15.7. The van der Waals surface area contributed by atoms with Gasteiger partial charge in [-0.15, -0.1) is 0 Å². The summed E-state index contributed by atoms with van der Waals surface area (Å²) in [4.78, 5) is 0. The topological polar surface area (TPSA) is 29.5 Å². The minimum absolute atomic E-state index is 0.0108. The Kier molecular flexibility index (Phi) is 7.33. The molecule has 3 heteroatoms. The highest BCUT2D eigenvalue weighted by Gasteiger charge is 2.38. The summed E-state index contributed by atoms with van der Waals surface area (Å²) >= 11 is 0.845. The summed E-state index contributed by atoms with van der Waals surface area (Å²) in [6.07, 6.45) is 0. The summed E-state index contributed by atoms with van der Waals surface area (Å²) in [6.45, 7) is 2.19. The Hall–Kier alpha value is -2.98. The SMILES string of the molecule is CC(O)=[SH]C(COC(c1ccccc1)(c1ccccc1)c1ccccc1)c1ccccc1. The van der Waals surface area contributed by atoms with Crippen molar-refractivity contribution in [1.82, 2.24) is 0 Å². The zero-order valence-corrected chi connectivity index (χ0v) is 19.0. The van der Waals surface area contributed by atoms with E-state index in [9.17, 15) is 5.11 Å². The van der Waals surface area contributed by atoms with Crippen molar-refractivity contribution in [3.8, 4) is 0 Å². The van der Waals surface area contributed by atoms with Gasteiger partial charge >= 0.3 is 0 Å². The maximum atomic E-state index is 10.1. The van der Waals surface area contributed by atoms with Crippen LogP contribution in [0.3, 0.4) is 0 Å². The highest BCUT2D eigenvalue weighted by atomic mass is 32.1. The molecule has 0 fully saturated rings. The lowest BCUT2D eigenvalue weighted by atomic mass is 9.80. The molecule has 162 valence electrons. The predicted molar refractivity (Wildman–Crippen MR) is 137 cm³/mol. The quantitative estimate of drug-likeness (QED) is 0.177. The normalized spacial score (nSPS) is 13.2. The molecule has 0 saturated carbocycles. The zero-order chi connectivity index (χ0) is 22.2. The zero-order valence-electron chi connectivity index (χ0n) is 18.1. The highest BCUT2D eigenvalue weighted by molar-refractivity contribution is 7.98. The molecule has 0 aromatic heterocycles. The molecule has 0 spiro atoms. The van der Waals surface area contributed by atoms with E-state index < -0.39 is 5.60 Å². The van der Waals surface area contributed by atoms with Crippen LogP contribution < -0.4 is 0 Å². The monoisotopic (exact) mass is 440 g/mol. The fraction of sp³-hybridized carbons (Fsp3) is 0.138. The maximum Gasteiger partial charge on any atom is 0.143 e.